The van der Waals surface area contributed by atoms with E-state index in [2.05, 4.69) is 10.2 Å². The third-order valence-electron chi connectivity index (χ3n) is 1.88. The minimum absolute atomic E-state index is 0.0909. The smallest absolute Gasteiger partial charge is 0.356 e. The van der Waals surface area contributed by atoms with Crippen LogP contribution in [0.1, 0.15) is 5.56 Å². The number of nitro benzene ring substituents is 2. The van der Waals surface area contributed by atoms with E-state index in [-0.39, 0.29) is 16.5 Å². The number of hydrogen-bond acceptors (Lipinski definition) is 6. The monoisotopic (exact) mass is 286 g/mol. The zero-order valence-electron chi connectivity index (χ0n) is 9.19. The van der Waals surface area contributed by atoms with Gasteiger partial charge in [0.05, 0.1) is 26.6 Å². The van der Waals surface area contributed by atoms with Crippen molar-refractivity contribution in [3.05, 3.63) is 42.9 Å². The van der Waals surface area contributed by atoms with Crippen molar-refractivity contribution in [2.45, 2.75) is 0 Å². The molecule has 100 valence electrons. The summed E-state index contributed by atoms with van der Waals surface area (Å²) in [5.41, 5.74) is 8.27. The molecule has 0 amide bonds. The molecule has 1 aromatic rings. The lowest BCUT2D eigenvalue weighted by molar-refractivity contribution is -0.422. The van der Waals surface area contributed by atoms with Crippen LogP contribution in [0.4, 0.5) is 11.4 Å². The van der Waals surface area contributed by atoms with Crippen molar-refractivity contribution in [1.29, 1.82) is 0 Å². The molecule has 0 bridgehead atoms. The Kier molecular flexibility index (Phi) is 4.32. The Morgan fingerprint density at radius 2 is 1.89 bits per heavy atom. The molecular formula is C8H7ClN6O4. The summed E-state index contributed by atoms with van der Waals surface area (Å²) in [6.45, 7) is 0. The molecule has 0 radical (unpaired) electrons. The molecule has 1 aromatic carbocycles. The lowest BCUT2D eigenvalue weighted by Gasteiger charge is -2.00. The van der Waals surface area contributed by atoms with Gasteiger partial charge in [-0.2, -0.15) is 5.10 Å². The maximum atomic E-state index is 10.9. The van der Waals surface area contributed by atoms with E-state index < -0.39 is 21.2 Å². The normalized spacial score (nSPS) is 10.4. The summed E-state index contributed by atoms with van der Waals surface area (Å²) in [7, 11) is 0. The number of benzene rings is 1. The lowest BCUT2D eigenvalue weighted by Crippen LogP contribution is -2.21. The third-order valence-corrected chi connectivity index (χ3v) is 2.21. The van der Waals surface area contributed by atoms with Crippen LogP contribution in [0.5, 0.6) is 0 Å². The van der Waals surface area contributed by atoms with E-state index in [0.717, 1.165) is 18.3 Å². The maximum Gasteiger partial charge on any atom is 0.356 e. The quantitative estimate of drug-likeness (QED) is 0.359. The van der Waals surface area contributed by atoms with E-state index >= 15 is 0 Å². The molecule has 0 aliphatic rings. The van der Waals surface area contributed by atoms with Crippen molar-refractivity contribution in [3.63, 3.8) is 0 Å². The Morgan fingerprint density at radius 3 is 2.37 bits per heavy atom. The third kappa shape index (κ3) is 3.35. The van der Waals surface area contributed by atoms with Crippen molar-refractivity contribution in [3.8, 4) is 0 Å². The average molecular weight is 287 g/mol. The van der Waals surface area contributed by atoms with Crippen LogP contribution in [0, 0.1) is 20.2 Å². The van der Waals surface area contributed by atoms with Crippen LogP contribution in [0.3, 0.4) is 0 Å². The van der Waals surface area contributed by atoms with Gasteiger partial charge in [0.15, 0.2) is 0 Å². The van der Waals surface area contributed by atoms with E-state index in [1.54, 1.807) is 0 Å². The second-order valence-electron chi connectivity index (χ2n) is 3.11. The van der Waals surface area contributed by atoms with Gasteiger partial charge in [0.2, 0.25) is 5.96 Å². The molecule has 11 heteroatoms. The summed E-state index contributed by atoms with van der Waals surface area (Å²) in [6.07, 6.45) is 0.868. The summed E-state index contributed by atoms with van der Waals surface area (Å²) < 4.78 is 0. The fraction of sp³-hybridized carbons (Fsp3) is 0. The Bertz CT molecular complexity index is 595. The second-order valence-corrected chi connectivity index (χ2v) is 3.52. The van der Waals surface area contributed by atoms with Gasteiger partial charge in [-0.05, 0) is 6.07 Å². The highest BCUT2D eigenvalue weighted by atomic mass is 35.5. The largest absolute Gasteiger partial charge is 0.369 e. The van der Waals surface area contributed by atoms with Crippen molar-refractivity contribution >= 4 is 35.1 Å². The minimum Gasteiger partial charge on any atom is -0.369 e. The zero-order valence-corrected chi connectivity index (χ0v) is 9.94. The SMILES string of the molecule is NC(N)=NN=Cc1c(Cl)ccc([N+](=O)[O-])c1[N+](=O)[O-]. The van der Waals surface area contributed by atoms with E-state index in [1.165, 1.54) is 0 Å². The highest BCUT2D eigenvalue weighted by Gasteiger charge is 2.29. The Morgan fingerprint density at radius 1 is 1.26 bits per heavy atom. The van der Waals surface area contributed by atoms with Gasteiger partial charge in [-0.1, -0.05) is 11.6 Å². The van der Waals surface area contributed by atoms with E-state index in [1.807, 2.05) is 0 Å². The number of halogens is 1. The summed E-state index contributed by atoms with van der Waals surface area (Å²) >= 11 is 5.74. The van der Waals surface area contributed by atoms with Crippen LogP contribution in [0.2, 0.25) is 5.02 Å². The molecule has 0 aliphatic heterocycles. The van der Waals surface area contributed by atoms with Crippen molar-refractivity contribution in [1.82, 2.24) is 0 Å². The molecule has 0 heterocycles. The molecular weight excluding hydrogens is 280 g/mol. The minimum atomic E-state index is -0.930. The summed E-state index contributed by atoms with van der Waals surface area (Å²) in [5, 5.41) is 28.1. The summed E-state index contributed by atoms with van der Waals surface area (Å²) in [6, 6.07) is 2.07. The van der Waals surface area contributed by atoms with Crippen molar-refractivity contribution in [2.24, 2.45) is 21.7 Å². The predicted molar refractivity (Wildman–Crippen MR) is 68.2 cm³/mol. The number of nitro groups is 2. The van der Waals surface area contributed by atoms with Gasteiger partial charge in [-0.15, -0.1) is 5.10 Å². The summed E-state index contributed by atoms with van der Waals surface area (Å²) in [4.78, 5) is 19.8. The standard InChI is InChI=1S/C8H7ClN6O4/c9-5-1-2-6(14(16)17)7(15(18)19)4(5)3-12-13-8(10)11/h1-3H,(H4,10,11,13). The second kappa shape index (κ2) is 5.73. The first-order chi connectivity index (χ1) is 8.84. The molecule has 0 atom stereocenters. The van der Waals surface area contributed by atoms with Gasteiger partial charge in [-0.3, -0.25) is 20.2 Å². The number of guanidine groups is 1. The highest BCUT2D eigenvalue weighted by molar-refractivity contribution is 6.33. The number of nitrogens with two attached hydrogens (primary N) is 2. The Labute approximate surface area is 110 Å². The van der Waals surface area contributed by atoms with Gasteiger partial charge < -0.3 is 11.5 Å². The zero-order chi connectivity index (χ0) is 14.6. The molecule has 0 unspecified atom stereocenters. The first-order valence-corrected chi connectivity index (χ1v) is 4.95. The van der Waals surface area contributed by atoms with Crippen LogP contribution >= 0.6 is 11.6 Å². The molecule has 0 saturated carbocycles. The average Bonchev–Trinajstić information content (AvgIpc) is 2.29. The molecule has 0 saturated heterocycles. The summed E-state index contributed by atoms with van der Waals surface area (Å²) in [5.74, 6) is -0.375. The van der Waals surface area contributed by atoms with Crippen LogP contribution in [0.25, 0.3) is 0 Å². The molecule has 0 aromatic heterocycles. The van der Waals surface area contributed by atoms with E-state index in [0.29, 0.717) is 0 Å². The van der Waals surface area contributed by atoms with Gasteiger partial charge in [0.25, 0.3) is 0 Å². The number of rotatable bonds is 4. The first-order valence-electron chi connectivity index (χ1n) is 4.58. The molecule has 10 nitrogen and oxygen atoms in total. The van der Waals surface area contributed by atoms with Crippen LogP contribution < -0.4 is 11.5 Å². The Balaban J connectivity index is 3.48. The maximum absolute atomic E-state index is 10.9. The molecule has 1 rings (SSSR count). The van der Waals surface area contributed by atoms with Crippen LogP contribution in [-0.4, -0.2) is 22.0 Å². The molecule has 0 spiro atoms. The van der Waals surface area contributed by atoms with Crippen molar-refractivity contribution in [2.75, 3.05) is 0 Å². The highest BCUT2D eigenvalue weighted by Crippen LogP contribution is 2.34. The van der Waals surface area contributed by atoms with E-state index in [4.69, 9.17) is 23.1 Å². The predicted octanol–water partition coefficient (Wildman–Crippen LogP) is 0.764. The molecule has 19 heavy (non-hydrogen) atoms. The van der Waals surface area contributed by atoms with Crippen LogP contribution in [-0.2, 0) is 0 Å². The topological polar surface area (TPSA) is 163 Å². The molecule has 4 N–H and O–H groups in total. The van der Waals surface area contributed by atoms with Gasteiger partial charge in [0.1, 0.15) is 0 Å². The lowest BCUT2D eigenvalue weighted by atomic mass is 10.1. The Hall–Kier alpha value is -2.75. The van der Waals surface area contributed by atoms with Gasteiger partial charge in [0, 0.05) is 6.07 Å². The fourth-order valence-electron chi connectivity index (χ4n) is 1.19. The molecule has 0 fully saturated rings. The van der Waals surface area contributed by atoms with E-state index in [9.17, 15) is 20.2 Å². The van der Waals surface area contributed by atoms with Crippen LogP contribution in [0.15, 0.2) is 22.3 Å². The fourth-order valence-corrected chi connectivity index (χ4v) is 1.39. The number of hydrogen-bond donors (Lipinski definition) is 2. The van der Waals surface area contributed by atoms with Gasteiger partial charge in [-0.25, -0.2) is 0 Å². The molecule has 0 aliphatic carbocycles. The first kappa shape index (κ1) is 14.3. The van der Waals surface area contributed by atoms with Gasteiger partial charge >= 0.3 is 11.4 Å². The number of nitrogens with zero attached hydrogens (tertiary/aromatic N) is 4. The van der Waals surface area contributed by atoms with Crippen molar-refractivity contribution < 1.29 is 9.85 Å².